The number of pyridine rings is 1. The van der Waals surface area contributed by atoms with Gasteiger partial charge in [0.15, 0.2) is 0 Å². The van der Waals surface area contributed by atoms with Crippen LogP contribution in [0.2, 0.25) is 0 Å². The molecule has 21 heavy (non-hydrogen) atoms. The number of anilines is 2. The van der Waals surface area contributed by atoms with Gasteiger partial charge in [-0.25, -0.2) is 13.4 Å². The van der Waals surface area contributed by atoms with E-state index in [4.69, 9.17) is 0 Å². The molecule has 9 heteroatoms. The third-order valence-electron chi connectivity index (χ3n) is 2.55. The maximum absolute atomic E-state index is 12.4. The Morgan fingerprint density at radius 2 is 1.71 bits per heavy atom. The Balaban J connectivity index is 2.37. The summed E-state index contributed by atoms with van der Waals surface area (Å²) in [6.45, 7) is 0. The van der Waals surface area contributed by atoms with Gasteiger partial charge in [0.25, 0.3) is 10.0 Å². The number of halogens is 3. The van der Waals surface area contributed by atoms with Crippen LogP contribution < -0.4 is 10.0 Å². The average Bonchev–Trinajstić information content (AvgIpc) is 2.43. The van der Waals surface area contributed by atoms with Crippen molar-refractivity contribution in [1.29, 1.82) is 0 Å². The zero-order chi connectivity index (χ0) is 15.6. The molecule has 2 aromatic rings. The van der Waals surface area contributed by atoms with E-state index in [1.807, 2.05) is 0 Å². The van der Waals surface area contributed by atoms with Gasteiger partial charge in [0.1, 0.15) is 10.7 Å². The molecular weight excluding hydrogens is 490 g/mol. The van der Waals surface area contributed by atoms with Gasteiger partial charge in [0.2, 0.25) is 0 Å². The number of aromatic nitrogens is 1. The molecule has 2 rings (SSSR count). The van der Waals surface area contributed by atoms with E-state index in [0.717, 1.165) is 4.47 Å². The molecule has 0 amide bonds. The highest BCUT2D eigenvalue weighted by Crippen LogP contribution is 2.35. The number of hydrogen-bond acceptors (Lipinski definition) is 4. The van der Waals surface area contributed by atoms with Crippen molar-refractivity contribution in [2.45, 2.75) is 4.90 Å². The van der Waals surface area contributed by atoms with Crippen LogP contribution >= 0.6 is 47.8 Å². The minimum atomic E-state index is -3.71. The predicted molar refractivity (Wildman–Crippen MR) is 94.1 cm³/mol. The van der Waals surface area contributed by atoms with Crippen molar-refractivity contribution in [3.05, 3.63) is 43.9 Å². The Morgan fingerprint density at radius 1 is 1.10 bits per heavy atom. The fourth-order valence-corrected chi connectivity index (χ4v) is 5.28. The molecule has 0 aliphatic rings. The summed E-state index contributed by atoms with van der Waals surface area (Å²) in [7, 11) is -2.00. The minimum Gasteiger partial charge on any atom is -0.373 e. The summed E-state index contributed by atoms with van der Waals surface area (Å²) < 4.78 is 29.3. The van der Waals surface area contributed by atoms with Crippen LogP contribution in [0.3, 0.4) is 0 Å². The Kier molecular flexibility index (Phi) is 5.29. The average molecular weight is 500 g/mol. The van der Waals surface area contributed by atoms with E-state index < -0.39 is 10.0 Å². The summed E-state index contributed by atoms with van der Waals surface area (Å²) >= 11 is 10.0. The number of nitrogens with one attached hydrogen (secondary N) is 2. The van der Waals surface area contributed by atoms with Crippen molar-refractivity contribution in [3.63, 3.8) is 0 Å². The maximum atomic E-state index is 12.4. The molecule has 0 atom stereocenters. The van der Waals surface area contributed by atoms with Gasteiger partial charge in [-0.05, 0) is 56.1 Å². The standard InChI is InChI=1S/C12H10Br3N3O2S/c1-16-11-3-2-8(6-17-11)21(19,20)18-12-9(14)4-7(13)5-10(12)15/h2-6,18H,1H3,(H,16,17). The second-order valence-corrected chi connectivity index (χ2v) is 8.29. The number of benzene rings is 1. The highest BCUT2D eigenvalue weighted by molar-refractivity contribution is 9.11. The van der Waals surface area contributed by atoms with Crippen LogP contribution in [0.1, 0.15) is 0 Å². The molecule has 0 spiro atoms. The first-order valence-electron chi connectivity index (χ1n) is 5.64. The van der Waals surface area contributed by atoms with Gasteiger partial charge < -0.3 is 5.32 Å². The molecule has 0 radical (unpaired) electrons. The van der Waals surface area contributed by atoms with E-state index in [1.54, 1.807) is 25.2 Å². The van der Waals surface area contributed by atoms with Crippen molar-refractivity contribution in [2.24, 2.45) is 0 Å². The molecule has 5 nitrogen and oxygen atoms in total. The summed E-state index contributed by atoms with van der Waals surface area (Å²) in [6, 6.07) is 6.60. The third kappa shape index (κ3) is 3.97. The zero-order valence-corrected chi connectivity index (χ0v) is 16.3. The smallest absolute Gasteiger partial charge is 0.263 e. The third-order valence-corrected chi connectivity index (χ3v) is 5.59. The number of rotatable bonds is 4. The van der Waals surface area contributed by atoms with Crippen LogP contribution in [-0.2, 0) is 10.0 Å². The van der Waals surface area contributed by atoms with Crippen LogP contribution in [0.15, 0.2) is 48.8 Å². The quantitative estimate of drug-likeness (QED) is 0.661. The lowest BCUT2D eigenvalue weighted by molar-refractivity contribution is 0.601. The van der Waals surface area contributed by atoms with Crippen LogP contribution in [-0.4, -0.2) is 20.4 Å². The van der Waals surface area contributed by atoms with Crippen molar-refractivity contribution in [1.82, 2.24) is 4.98 Å². The normalized spacial score (nSPS) is 11.2. The lowest BCUT2D eigenvalue weighted by atomic mass is 10.3. The van der Waals surface area contributed by atoms with Gasteiger partial charge in [0, 0.05) is 26.7 Å². The summed E-state index contributed by atoms with van der Waals surface area (Å²) in [4.78, 5) is 4.09. The van der Waals surface area contributed by atoms with Crippen molar-refractivity contribution in [3.8, 4) is 0 Å². The highest BCUT2D eigenvalue weighted by atomic mass is 79.9. The molecule has 0 fully saturated rings. The van der Waals surface area contributed by atoms with Gasteiger partial charge in [-0.1, -0.05) is 15.9 Å². The second kappa shape index (κ2) is 6.64. The van der Waals surface area contributed by atoms with Gasteiger partial charge in [0.05, 0.1) is 5.69 Å². The van der Waals surface area contributed by atoms with E-state index in [-0.39, 0.29) is 4.90 Å². The fraction of sp³-hybridized carbons (Fsp3) is 0.0833. The lowest BCUT2D eigenvalue weighted by Crippen LogP contribution is -2.14. The Morgan fingerprint density at radius 3 is 2.19 bits per heavy atom. The summed E-state index contributed by atoms with van der Waals surface area (Å²) in [5.41, 5.74) is 0.427. The molecule has 1 aromatic carbocycles. The molecule has 2 N–H and O–H groups in total. The van der Waals surface area contributed by atoms with E-state index in [9.17, 15) is 8.42 Å². The Hall–Kier alpha value is -0.640. The van der Waals surface area contributed by atoms with Crippen molar-refractivity contribution in [2.75, 3.05) is 17.1 Å². The van der Waals surface area contributed by atoms with Gasteiger partial charge >= 0.3 is 0 Å². The lowest BCUT2D eigenvalue weighted by Gasteiger charge is -2.12. The number of hydrogen-bond donors (Lipinski definition) is 2. The molecule has 112 valence electrons. The van der Waals surface area contributed by atoms with Crippen LogP contribution in [0.4, 0.5) is 11.5 Å². The van der Waals surface area contributed by atoms with Gasteiger partial charge in [-0.15, -0.1) is 0 Å². The summed E-state index contributed by atoms with van der Waals surface area (Å²) in [6.07, 6.45) is 1.30. The van der Waals surface area contributed by atoms with Crippen molar-refractivity contribution >= 4 is 69.3 Å². The highest BCUT2D eigenvalue weighted by Gasteiger charge is 2.18. The SMILES string of the molecule is CNc1ccc(S(=O)(=O)Nc2c(Br)cc(Br)cc2Br)cn1. The molecule has 0 saturated carbocycles. The Labute approximate surface area is 148 Å². The molecule has 1 aromatic heterocycles. The minimum absolute atomic E-state index is 0.0863. The molecule has 1 heterocycles. The van der Waals surface area contributed by atoms with E-state index >= 15 is 0 Å². The van der Waals surface area contributed by atoms with Crippen LogP contribution in [0, 0.1) is 0 Å². The second-order valence-electron chi connectivity index (χ2n) is 3.98. The van der Waals surface area contributed by atoms with E-state index in [2.05, 4.69) is 62.8 Å². The largest absolute Gasteiger partial charge is 0.373 e. The van der Waals surface area contributed by atoms with Crippen LogP contribution in [0.25, 0.3) is 0 Å². The molecular formula is C12H10Br3N3O2S. The Bertz CT molecular complexity index is 741. The first kappa shape index (κ1) is 16.7. The van der Waals surface area contributed by atoms with E-state index in [0.29, 0.717) is 20.5 Å². The number of sulfonamides is 1. The first-order chi connectivity index (χ1) is 9.83. The number of nitrogens with zero attached hydrogens (tertiary/aromatic N) is 1. The monoisotopic (exact) mass is 497 g/mol. The maximum Gasteiger partial charge on any atom is 0.263 e. The predicted octanol–water partition coefficient (Wildman–Crippen LogP) is 4.21. The van der Waals surface area contributed by atoms with Gasteiger partial charge in [-0.3, -0.25) is 4.72 Å². The molecule has 0 bridgehead atoms. The summed E-state index contributed by atoms with van der Waals surface area (Å²) in [5.74, 6) is 0.597. The van der Waals surface area contributed by atoms with Crippen molar-refractivity contribution < 1.29 is 8.42 Å². The van der Waals surface area contributed by atoms with E-state index in [1.165, 1.54) is 12.3 Å². The molecule has 0 aliphatic heterocycles. The van der Waals surface area contributed by atoms with Crippen LogP contribution in [0.5, 0.6) is 0 Å². The zero-order valence-electron chi connectivity index (χ0n) is 10.7. The first-order valence-corrected chi connectivity index (χ1v) is 9.51. The fourth-order valence-electron chi connectivity index (χ4n) is 1.52. The topological polar surface area (TPSA) is 71.1 Å². The summed E-state index contributed by atoms with van der Waals surface area (Å²) in [5, 5.41) is 2.83. The molecule has 0 aliphatic carbocycles. The molecule has 0 unspecified atom stereocenters. The molecule has 0 saturated heterocycles. The van der Waals surface area contributed by atoms with Gasteiger partial charge in [-0.2, -0.15) is 0 Å².